The molecule has 0 atom stereocenters. The Bertz CT molecular complexity index is 390. The van der Waals surface area contributed by atoms with E-state index < -0.39 is 6.61 Å². The van der Waals surface area contributed by atoms with Gasteiger partial charge in [-0.15, -0.1) is 11.8 Å². The molecule has 0 N–H and O–H groups in total. The third-order valence-corrected chi connectivity index (χ3v) is 3.04. The van der Waals surface area contributed by atoms with Gasteiger partial charge in [0, 0.05) is 4.90 Å². The molecule has 16 heavy (non-hydrogen) atoms. The standard InChI is InChI=1S/C11H11F2NOS/c1-2-6-16-10-5-3-4-9(8(10)7-14)15-11(12)13/h3-5,11H,2,6H2,1H3. The fourth-order valence-corrected chi connectivity index (χ4v) is 2.04. The minimum Gasteiger partial charge on any atom is -0.433 e. The SMILES string of the molecule is CCCSc1cccc(OC(F)F)c1C#N. The summed E-state index contributed by atoms with van der Waals surface area (Å²) < 4.78 is 28.5. The van der Waals surface area contributed by atoms with Gasteiger partial charge in [0.2, 0.25) is 0 Å². The molecular formula is C11H11F2NOS. The second-order valence-electron chi connectivity index (χ2n) is 2.97. The van der Waals surface area contributed by atoms with Crippen LogP contribution in [0.25, 0.3) is 0 Å². The molecule has 0 unspecified atom stereocenters. The number of halogens is 2. The van der Waals surface area contributed by atoms with Crippen LogP contribution in [-0.2, 0) is 0 Å². The van der Waals surface area contributed by atoms with E-state index in [2.05, 4.69) is 4.74 Å². The van der Waals surface area contributed by atoms with Crippen LogP contribution in [0.15, 0.2) is 23.1 Å². The third-order valence-electron chi connectivity index (χ3n) is 1.78. The minimum atomic E-state index is -2.90. The maximum Gasteiger partial charge on any atom is 0.387 e. The molecule has 5 heteroatoms. The van der Waals surface area contributed by atoms with Crippen molar-refractivity contribution >= 4 is 11.8 Å². The van der Waals surface area contributed by atoms with Crippen molar-refractivity contribution in [3.05, 3.63) is 23.8 Å². The Morgan fingerprint density at radius 2 is 2.25 bits per heavy atom. The molecule has 1 rings (SSSR count). The highest BCUT2D eigenvalue weighted by Gasteiger charge is 2.13. The van der Waals surface area contributed by atoms with Crippen molar-refractivity contribution in [2.75, 3.05) is 5.75 Å². The average molecular weight is 243 g/mol. The van der Waals surface area contributed by atoms with E-state index in [9.17, 15) is 8.78 Å². The summed E-state index contributed by atoms with van der Waals surface area (Å²) >= 11 is 1.47. The number of rotatable bonds is 5. The molecule has 0 amide bonds. The first-order chi connectivity index (χ1) is 7.69. The van der Waals surface area contributed by atoms with Crippen molar-refractivity contribution in [1.29, 1.82) is 5.26 Å². The largest absolute Gasteiger partial charge is 0.433 e. The summed E-state index contributed by atoms with van der Waals surface area (Å²) in [5.74, 6) is 0.783. The monoisotopic (exact) mass is 243 g/mol. The Morgan fingerprint density at radius 3 is 2.81 bits per heavy atom. The first-order valence-corrected chi connectivity index (χ1v) is 5.78. The average Bonchev–Trinajstić information content (AvgIpc) is 2.25. The zero-order valence-corrected chi connectivity index (χ0v) is 9.56. The van der Waals surface area contributed by atoms with Gasteiger partial charge in [0.05, 0.1) is 0 Å². The molecular weight excluding hydrogens is 232 g/mol. The number of nitriles is 1. The molecule has 0 aliphatic rings. The van der Waals surface area contributed by atoms with Gasteiger partial charge in [-0.05, 0) is 24.3 Å². The first-order valence-electron chi connectivity index (χ1n) is 4.79. The number of hydrogen-bond acceptors (Lipinski definition) is 3. The Hall–Kier alpha value is -1.28. The lowest BCUT2D eigenvalue weighted by molar-refractivity contribution is -0.0501. The summed E-state index contributed by atoms with van der Waals surface area (Å²) in [5, 5.41) is 8.92. The molecule has 0 heterocycles. The summed E-state index contributed by atoms with van der Waals surface area (Å²) in [7, 11) is 0. The van der Waals surface area contributed by atoms with E-state index in [1.165, 1.54) is 17.8 Å². The molecule has 0 radical (unpaired) electrons. The van der Waals surface area contributed by atoms with E-state index in [0.717, 1.165) is 12.2 Å². The van der Waals surface area contributed by atoms with E-state index >= 15 is 0 Å². The van der Waals surface area contributed by atoms with E-state index in [1.807, 2.05) is 13.0 Å². The van der Waals surface area contributed by atoms with Crippen molar-refractivity contribution < 1.29 is 13.5 Å². The molecule has 86 valence electrons. The van der Waals surface area contributed by atoms with Gasteiger partial charge in [0.1, 0.15) is 17.4 Å². The van der Waals surface area contributed by atoms with Crippen LogP contribution in [0.4, 0.5) is 8.78 Å². The highest BCUT2D eigenvalue weighted by Crippen LogP contribution is 2.30. The predicted octanol–water partition coefficient (Wildman–Crippen LogP) is 3.66. The number of alkyl halides is 2. The molecule has 0 fully saturated rings. The lowest BCUT2D eigenvalue weighted by Crippen LogP contribution is -2.04. The molecule has 0 aliphatic heterocycles. The molecule has 1 aromatic carbocycles. The van der Waals surface area contributed by atoms with Crippen LogP contribution in [0.1, 0.15) is 18.9 Å². The molecule has 2 nitrogen and oxygen atoms in total. The molecule has 0 spiro atoms. The minimum absolute atomic E-state index is 0.0568. The van der Waals surface area contributed by atoms with Crippen LogP contribution in [0, 0.1) is 11.3 Å². The van der Waals surface area contributed by atoms with Crippen molar-refractivity contribution in [2.45, 2.75) is 24.9 Å². The van der Waals surface area contributed by atoms with Crippen molar-refractivity contribution in [3.63, 3.8) is 0 Å². The van der Waals surface area contributed by atoms with Crippen LogP contribution < -0.4 is 4.74 Å². The van der Waals surface area contributed by atoms with Gasteiger partial charge in [-0.2, -0.15) is 14.0 Å². The number of nitrogens with zero attached hydrogens (tertiary/aromatic N) is 1. The van der Waals surface area contributed by atoms with Gasteiger partial charge in [0.25, 0.3) is 0 Å². The van der Waals surface area contributed by atoms with Crippen molar-refractivity contribution in [1.82, 2.24) is 0 Å². The predicted molar refractivity (Wildman–Crippen MR) is 58.8 cm³/mol. The van der Waals surface area contributed by atoms with Gasteiger partial charge in [0.15, 0.2) is 0 Å². The Morgan fingerprint density at radius 1 is 1.50 bits per heavy atom. The molecule has 0 aliphatic carbocycles. The summed E-state index contributed by atoms with van der Waals surface area (Å²) in [4.78, 5) is 0.683. The van der Waals surface area contributed by atoms with Crippen LogP contribution in [0.5, 0.6) is 5.75 Å². The second-order valence-corrected chi connectivity index (χ2v) is 4.10. The van der Waals surface area contributed by atoms with Crippen LogP contribution in [0.3, 0.4) is 0 Å². The van der Waals surface area contributed by atoms with Gasteiger partial charge in [-0.25, -0.2) is 0 Å². The Labute approximate surface area is 97.2 Å². The van der Waals surface area contributed by atoms with E-state index in [0.29, 0.717) is 4.90 Å². The van der Waals surface area contributed by atoms with Crippen LogP contribution in [0.2, 0.25) is 0 Å². The zero-order valence-electron chi connectivity index (χ0n) is 8.74. The van der Waals surface area contributed by atoms with Gasteiger partial charge in [-0.1, -0.05) is 13.0 Å². The number of ether oxygens (including phenoxy) is 1. The van der Waals surface area contributed by atoms with Gasteiger partial charge in [-0.3, -0.25) is 0 Å². The topological polar surface area (TPSA) is 33.0 Å². The Kier molecular flexibility index (Phi) is 5.06. The van der Waals surface area contributed by atoms with Crippen LogP contribution in [-0.4, -0.2) is 12.4 Å². The normalized spacial score (nSPS) is 10.2. The summed E-state index contributed by atoms with van der Waals surface area (Å²) in [6.45, 7) is -0.892. The highest BCUT2D eigenvalue weighted by atomic mass is 32.2. The quantitative estimate of drug-likeness (QED) is 0.740. The lowest BCUT2D eigenvalue weighted by atomic mass is 10.2. The van der Waals surface area contributed by atoms with Gasteiger partial charge < -0.3 is 4.74 Å². The zero-order chi connectivity index (χ0) is 12.0. The van der Waals surface area contributed by atoms with E-state index in [1.54, 1.807) is 12.1 Å². The molecule has 0 saturated heterocycles. The second kappa shape index (κ2) is 6.33. The summed E-state index contributed by atoms with van der Waals surface area (Å²) in [6.07, 6.45) is 0.954. The maximum absolute atomic E-state index is 12.1. The number of benzene rings is 1. The summed E-state index contributed by atoms with van der Waals surface area (Å²) in [5.41, 5.74) is 0.182. The lowest BCUT2D eigenvalue weighted by Gasteiger charge is -2.09. The molecule has 0 bridgehead atoms. The first kappa shape index (κ1) is 12.8. The summed E-state index contributed by atoms with van der Waals surface area (Å²) in [6, 6.07) is 6.62. The number of hydrogen-bond donors (Lipinski definition) is 0. The van der Waals surface area contributed by atoms with Crippen molar-refractivity contribution in [3.8, 4) is 11.8 Å². The molecule has 1 aromatic rings. The molecule has 0 aromatic heterocycles. The van der Waals surface area contributed by atoms with Gasteiger partial charge >= 0.3 is 6.61 Å². The molecule has 0 saturated carbocycles. The third kappa shape index (κ3) is 3.38. The van der Waals surface area contributed by atoms with Crippen molar-refractivity contribution in [2.24, 2.45) is 0 Å². The van der Waals surface area contributed by atoms with E-state index in [-0.39, 0.29) is 11.3 Å². The Balaban J connectivity index is 2.97. The van der Waals surface area contributed by atoms with Crippen LogP contribution >= 0.6 is 11.8 Å². The smallest absolute Gasteiger partial charge is 0.387 e. The highest BCUT2D eigenvalue weighted by molar-refractivity contribution is 7.99. The fourth-order valence-electron chi connectivity index (χ4n) is 1.15. The fraction of sp³-hybridized carbons (Fsp3) is 0.364. The number of thioether (sulfide) groups is 1. The maximum atomic E-state index is 12.1. The van der Waals surface area contributed by atoms with E-state index in [4.69, 9.17) is 5.26 Å².